The highest BCUT2D eigenvalue weighted by Gasteiger charge is 2.97. The molecule has 0 bridgehead atoms. The van der Waals surface area contributed by atoms with E-state index >= 15 is 0 Å². The first-order chi connectivity index (χ1) is 22.6. The smallest absolute Gasteiger partial charge is 0.392 e. The fourth-order valence-corrected chi connectivity index (χ4v) is 5.24. The number of halogens is 20. The van der Waals surface area contributed by atoms with Crippen LogP contribution in [0.3, 0.4) is 0 Å². The Morgan fingerprint density at radius 2 is 0.941 bits per heavy atom. The number of esters is 1. The lowest BCUT2D eigenvalue weighted by atomic mass is 9.77. The van der Waals surface area contributed by atoms with Gasteiger partial charge in [-0.25, -0.2) is 4.79 Å². The maximum atomic E-state index is 14.2. The van der Waals surface area contributed by atoms with Crippen molar-refractivity contribution < 1.29 is 97.3 Å². The molecule has 0 spiro atoms. The molecule has 0 saturated heterocycles. The van der Waals surface area contributed by atoms with E-state index in [-0.39, 0.29) is 5.92 Å². The molecule has 1 saturated carbocycles. The number of rotatable bonds is 16. The Morgan fingerprint density at radius 1 is 0.569 bits per heavy atom. The number of hydrogen-bond acceptors (Lipinski definition) is 2. The SMILES string of the molecule is CCCCCC1CCC(c2ccc(C(=O)OC(F)(F)C(F)(F)C(F)(F)C(F)(F)C(F)(F)C(F)(F)C(F)(F)C(F)(F)C(F)(F)C(C)(F)F)cc2)CC1. The van der Waals surface area contributed by atoms with Crippen LogP contribution in [0.4, 0.5) is 87.8 Å². The van der Waals surface area contributed by atoms with Gasteiger partial charge in [-0.1, -0.05) is 44.7 Å². The largest absolute Gasteiger partial charge is 0.473 e. The van der Waals surface area contributed by atoms with Gasteiger partial charge >= 0.3 is 65.4 Å². The summed E-state index contributed by atoms with van der Waals surface area (Å²) in [6.45, 7) is 0.638. The number of ether oxygens (including phenoxy) is 1. The van der Waals surface area contributed by atoms with Gasteiger partial charge < -0.3 is 4.74 Å². The molecule has 0 unspecified atom stereocenters. The topological polar surface area (TPSA) is 26.3 Å². The summed E-state index contributed by atoms with van der Waals surface area (Å²) in [6, 6.07) is 3.37. The molecule has 1 aromatic rings. The van der Waals surface area contributed by atoms with Gasteiger partial charge in [0.25, 0.3) is 0 Å². The van der Waals surface area contributed by atoms with Gasteiger partial charge in [0.15, 0.2) is 0 Å². The van der Waals surface area contributed by atoms with Crippen LogP contribution in [0.1, 0.15) is 87.1 Å². The molecule has 0 amide bonds. The van der Waals surface area contributed by atoms with Crippen molar-refractivity contribution in [2.45, 2.75) is 131 Å². The summed E-state index contributed by atoms with van der Waals surface area (Å²) in [5.41, 5.74) is -0.710. The van der Waals surface area contributed by atoms with Crippen LogP contribution in [0.5, 0.6) is 0 Å². The van der Waals surface area contributed by atoms with Crippen molar-refractivity contribution in [1.29, 1.82) is 0 Å². The molecule has 1 aromatic carbocycles. The molecule has 22 heteroatoms. The molecule has 0 heterocycles. The molecule has 2 rings (SSSR count). The molecule has 2 nitrogen and oxygen atoms in total. The molecular weight excluding hydrogens is 760 g/mol. The van der Waals surface area contributed by atoms with Crippen LogP contribution in [-0.4, -0.2) is 65.4 Å². The highest BCUT2D eigenvalue weighted by atomic mass is 19.4. The fourth-order valence-electron chi connectivity index (χ4n) is 5.24. The highest BCUT2D eigenvalue weighted by molar-refractivity contribution is 5.89. The third-order valence-corrected chi connectivity index (χ3v) is 8.58. The van der Waals surface area contributed by atoms with E-state index in [9.17, 15) is 92.6 Å². The number of carbonyl (C=O) groups excluding carboxylic acids is 1. The zero-order valence-electron chi connectivity index (χ0n) is 26.0. The van der Waals surface area contributed by atoms with Crippen LogP contribution < -0.4 is 0 Å². The summed E-state index contributed by atoms with van der Waals surface area (Å²) in [4.78, 5) is 12.1. The van der Waals surface area contributed by atoms with Crippen LogP contribution in [0, 0.1) is 5.92 Å². The first kappa shape index (κ1) is 44.5. The predicted octanol–water partition coefficient (Wildman–Crippen LogP) is 12.0. The van der Waals surface area contributed by atoms with Gasteiger partial charge in [-0.05, 0) is 55.2 Å². The maximum Gasteiger partial charge on any atom is 0.473 e. The maximum absolute atomic E-state index is 14.2. The van der Waals surface area contributed by atoms with Crippen molar-refractivity contribution in [2.75, 3.05) is 0 Å². The first-order valence-corrected chi connectivity index (χ1v) is 14.8. The average Bonchev–Trinajstić information content (AvgIpc) is 3.00. The van der Waals surface area contributed by atoms with Crippen LogP contribution in [-0.2, 0) is 4.74 Å². The van der Waals surface area contributed by atoms with Crippen molar-refractivity contribution in [2.24, 2.45) is 5.92 Å². The van der Waals surface area contributed by atoms with E-state index in [1.165, 1.54) is 0 Å². The summed E-state index contributed by atoms with van der Waals surface area (Å²) in [5, 5.41) is 0. The Bertz CT molecular complexity index is 1340. The second-order valence-corrected chi connectivity index (χ2v) is 12.2. The molecule has 1 fully saturated rings. The summed E-state index contributed by atoms with van der Waals surface area (Å²) in [5.74, 6) is -78.7. The molecule has 1 aliphatic rings. The molecule has 0 aliphatic heterocycles. The highest BCUT2D eigenvalue weighted by Crippen LogP contribution is 2.66. The van der Waals surface area contributed by atoms with Crippen LogP contribution >= 0.6 is 0 Å². The molecule has 0 N–H and O–H groups in total. The van der Waals surface area contributed by atoms with E-state index < -0.39 is 77.9 Å². The quantitative estimate of drug-likeness (QED) is 0.0947. The second-order valence-electron chi connectivity index (χ2n) is 12.2. The van der Waals surface area contributed by atoms with Crippen LogP contribution in [0.15, 0.2) is 24.3 Å². The molecule has 0 radical (unpaired) electrons. The van der Waals surface area contributed by atoms with Gasteiger partial charge in [-0.3, -0.25) is 0 Å². The van der Waals surface area contributed by atoms with Crippen LogP contribution in [0.25, 0.3) is 0 Å². The molecule has 296 valence electrons. The van der Waals surface area contributed by atoms with E-state index in [1.54, 1.807) is 0 Å². The van der Waals surface area contributed by atoms with Crippen molar-refractivity contribution in [3.8, 4) is 0 Å². The van der Waals surface area contributed by atoms with Crippen molar-refractivity contribution in [3.63, 3.8) is 0 Å². The summed E-state index contributed by atoms with van der Waals surface area (Å²) >= 11 is 0. The lowest BCUT2D eigenvalue weighted by molar-refractivity contribution is -0.477. The minimum absolute atomic E-state index is 0.152. The van der Waals surface area contributed by atoms with E-state index in [0.717, 1.165) is 50.7 Å². The van der Waals surface area contributed by atoms with Gasteiger partial charge in [0.2, 0.25) is 0 Å². The van der Waals surface area contributed by atoms with Gasteiger partial charge in [-0.2, -0.15) is 87.8 Å². The normalized spacial score (nSPS) is 19.6. The summed E-state index contributed by atoms with van der Waals surface area (Å²) in [7, 11) is 0. The number of benzene rings is 1. The van der Waals surface area contributed by atoms with Crippen molar-refractivity contribution in [1.82, 2.24) is 0 Å². The van der Waals surface area contributed by atoms with Gasteiger partial charge in [0.1, 0.15) is 0 Å². The lowest BCUT2D eigenvalue weighted by Crippen LogP contribution is -2.77. The van der Waals surface area contributed by atoms with Gasteiger partial charge in [-0.15, -0.1) is 0 Å². The Morgan fingerprint density at radius 3 is 1.31 bits per heavy atom. The number of unbranched alkanes of at least 4 members (excludes halogenated alkanes) is 2. The Labute approximate surface area is 275 Å². The third-order valence-electron chi connectivity index (χ3n) is 8.58. The lowest BCUT2D eigenvalue weighted by Gasteiger charge is -2.44. The molecule has 0 aromatic heterocycles. The molecular formula is C29H28F20O2. The van der Waals surface area contributed by atoms with E-state index in [0.29, 0.717) is 36.5 Å². The average molecular weight is 789 g/mol. The van der Waals surface area contributed by atoms with E-state index in [2.05, 4.69) is 4.74 Å². The van der Waals surface area contributed by atoms with E-state index in [4.69, 9.17) is 0 Å². The fraction of sp³-hybridized carbons (Fsp3) is 0.759. The number of alkyl halides is 20. The zero-order chi connectivity index (χ0) is 40.1. The summed E-state index contributed by atoms with van der Waals surface area (Å²) < 4.78 is 279. The number of carbonyl (C=O) groups is 1. The Balaban J connectivity index is 2.36. The third kappa shape index (κ3) is 7.17. The standard InChI is InChI=1S/C29H28F20O2/c1-3-4-5-6-15-7-9-16(10-8-15)17-11-13-18(14-12-17)19(50)51-29(48,49)28(46,47)27(44,45)26(42,43)25(40,41)24(38,39)23(36,37)22(34,35)21(32,33)20(2,30)31/h11-16H,3-10H2,1-2H3. The van der Waals surface area contributed by atoms with Crippen molar-refractivity contribution in [3.05, 3.63) is 35.4 Å². The zero-order valence-corrected chi connectivity index (χ0v) is 26.0. The molecule has 51 heavy (non-hydrogen) atoms. The van der Waals surface area contributed by atoms with Crippen molar-refractivity contribution >= 4 is 5.97 Å². The van der Waals surface area contributed by atoms with E-state index in [1.807, 2.05) is 6.92 Å². The van der Waals surface area contributed by atoms with Crippen LogP contribution in [0.2, 0.25) is 0 Å². The minimum atomic E-state index is -9.15. The minimum Gasteiger partial charge on any atom is -0.392 e. The summed E-state index contributed by atoms with van der Waals surface area (Å²) in [6.07, 6.45) is -0.609. The monoisotopic (exact) mass is 788 g/mol. The molecule has 1 aliphatic carbocycles. The predicted molar refractivity (Wildman–Crippen MR) is 136 cm³/mol. The second kappa shape index (κ2) is 13.9. The molecule has 0 atom stereocenters. The Kier molecular flexibility index (Phi) is 12.1. The van der Waals surface area contributed by atoms with Gasteiger partial charge in [0, 0.05) is 6.92 Å². The number of hydrogen-bond donors (Lipinski definition) is 0. The first-order valence-electron chi connectivity index (χ1n) is 14.8. The Hall–Kier alpha value is -2.71. The van der Waals surface area contributed by atoms with Gasteiger partial charge in [0.05, 0.1) is 5.56 Å².